The number of carbonyl (C=O) groups excluding carboxylic acids is 1. The van der Waals surface area contributed by atoms with Crippen LogP contribution in [-0.4, -0.2) is 27.8 Å². The van der Waals surface area contributed by atoms with Gasteiger partial charge in [0.2, 0.25) is 11.9 Å². The van der Waals surface area contributed by atoms with Crippen molar-refractivity contribution in [1.29, 1.82) is 0 Å². The zero-order valence-corrected chi connectivity index (χ0v) is 17.8. The van der Waals surface area contributed by atoms with Gasteiger partial charge in [-0.3, -0.25) is 10.1 Å². The monoisotopic (exact) mass is 425 g/mol. The lowest BCUT2D eigenvalue weighted by atomic mass is 9.93. The Labute approximate surface area is 180 Å². The fourth-order valence-electron chi connectivity index (χ4n) is 3.50. The van der Waals surface area contributed by atoms with Crippen molar-refractivity contribution in [1.82, 2.24) is 14.8 Å². The van der Waals surface area contributed by atoms with Crippen LogP contribution in [0.3, 0.4) is 0 Å². The first-order valence-electron chi connectivity index (χ1n) is 9.88. The summed E-state index contributed by atoms with van der Waals surface area (Å²) in [6.07, 6.45) is 0.766. The Hall–Kier alpha value is -3.06. The minimum atomic E-state index is -0.155. The Bertz CT molecular complexity index is 1030. The molecule has 0 radical (unpaired) electrons. The van der Waals surface area contributed by atoms with Gasteiger partial charge in [0, 0.05) is 10.9 Å². The highest BCUT2D eigenvalue weighted by Crippen LogP contribution is 2.38. The number of amides is 1. The lowest BCUT2D eigenvalue weighted by Crippen LogP contribution is -2.28. The highest BCUT2D eigenvalue weighted by Gasteiger charge is 2.31. The molecule has 30 heavy (non-hydrogen) atoms. The fraction of sp³-hybridized carbons (Fsp3) is 0.318. The van der Waals surface area contributed by atoms with Crippen molar-refractivity contribution >= 4 is 29.4 Å². The van der Waals surface area contributed by atoms with E-state index in [9.17, 15) is 4.79 Å². The molecule has 1 amide bonds. The zero-order valence-electron chi connectivity index (χ0n) is 17.1. The van der Waals surface area contributed by atoms with Crippen molar-refractivity contribution in [3.63, 3.8) is 0 Å². The molecule has 7 nitrogen and oxygen atoms in total. The number of hydrogen-bond acceptors (Lipinski definition) is 5. The quantitative estimate of drug-likeness (QED) is 0.620. The smallest absolute Gasteiger partial charge is 0.250 e. The largest absolute Gasteiger partial charge is 0.497 e. The Kier molecular flexibility index (Phi) is 5.63. The van der Waals surface area contributed by atoms with Gasteiger partial charge in [-0.15, -0.1) is 5.10 Å². The van der Waals surface area contributed by atoms with Crippen molar-refractivity contribution in [3.8, 4) is 5.75 Å². The second-order valence-electron chi connectivity index (χ2n) is 7.62. The number of benzene rings is 2. The van der Waals surface area contributed by atoms with Gasteiger partial charge in [0.1, 0.15) is 5.75 Å². The number of nitrogens with zero attached hydrogens (tertiary/aromatic N) is 3. The van der Waals surface area contributed by atoms with Gasteiger partial charge in [0.05, 0.1) is 19.2 Å². The molecule has 1 aliphatic rings. The van der Waals surface area contributed by atoms with Gasteiger partial charge < -0.3 is 10.1 Å². The van der Waals surface area contributed by atoms with Crippen molar-refractivity contribution in [3.05, 3.63) is 64.7 Å². The first kappa shape index (κ1) is 20.2. The van der Waals surface area contributed by atoms with E-state index in [0.717, 1.165) is 23.3 Å². The molecule has 8 heteroatoms. The number of anilines is 2. The van der Waals surface area contributed by atoms with Gasteiger partial charge in [-0.05, 0) is 41.8 Å². The Morgan fingerprint density at radius 1 is 1.17 bits per heavy atom. The third-order valence-electron chi connectivity index (χ3n) is 5.22. The summed E-state index contributed by atoms with van der Waals surface area (Å²) in [5.74, 6) is 1.43. The lowest BCUT2D eigenvalue weighted by Gasteiger charge is -2.31. The van der Waals surface area contributed by atoms with Gasteiger partial charge in [0.15, 0.2) is 0 Å². The van der Waals surface area contributed by atoms with Crippen LogP contribution in [0.1, 0.15) is 43.5 Å². The van der Waals surface area contributed by atoms with Crippen LogP contribution in [0.25, 0.3) is 0 Å². The molecule has 0 aliphatic carbocycles. The maximum Gasteiger partial charge on any atom is 0.250 e. The molecule has 3 aromatic rings. The zero-order chi connectivity index (χ0) is 21.3. The van der Waals surface area contributed by atoms with Crippen LogP contribution in [0.2, 0.25) is 5.02 Å². The van der Waals surface area contributed by atoms with E-state index in [1.165, 1.54) is 0 Å². The molecule has 2 heterocycles. The summed E-state index contributed by atoms with van der Waals surface area (Å²) in [5.41, 5.74) is 2.20. The Morgan fingerprint density at radius 2 is 1.83 bits per heavy atom. The third-order valence-corrected chi connectivity index (χ3v) is 5.47. The Morgan fingerprint density at radius 3 is 2.47 bits per heavy atom. The maximum atomic E-state index is 12.1. The van der Waals surface area contributed by atoms with Crippen molar-refractivity contribution in [2.24, 2.45) is 5.92 Å². The average Bonchev–Trinajstić information content (AvgIpc) is 3.16. The number of halogens is 1. The van der Waals surface area contributed by atoms with E-state index >= 15 is 0 Å². The predicted octanol–water partition coefficient (Wildman–Crippen LogP) is 4.68. The molecule has 2 atom stereocenters. The van der Waals surface area contributed by atoms with Crippen LogP contribution < -0.4 is 15.4 Å². The van der Waals surface area contributed by atoms with Gasteiger partial charge in [-0.25, -0.2) is 4.68 Å². The SMILES string of the molecule is COc1ccc([C@H]2C[C@H](c3ccc(Cl)cc3)Nc3nc(NC(=O)C(C)C)nn32)cc1. The summed E-state index contributed by atoms with van der Waals surface area (Å²) in [7, 11) is 1.65. The number of fused-ring (bicyclic) bond motifs is 1. The number of nitrogens with one attached hydrogen (secondary N) is 2. The van der Waals surface area contributed by atoms with E-state index in [0.29, 0.717) is 16.9 Å². The summed E-state index contributed by atoms with van der Waals surface area (Å²) < 4.78 is 7.13. The highest BCUT2D eigenvalue weighted by molar-refractivity contribution is 6.30. The number of rotatable bonds is 5. The standard InChI is InChI=1S/C22H24ClN5O2/c1-13(2)20(29)25-21-26-22-24-18(14-4-8-16(23)9-5-14)12-19(28(22)27-21)15-6-10-17(30-3)11-7-15/h4-11,13,18-19H,12H2,1-3H3,(H2,24,25,26,27,29)/t18-,19-/m1/s1. The van der Waals surface area contributed by atoms with Crippen LogP contribution in [0.5, 0.6) is 5.75 Å². The minimum absolute atomic E-state index is 0.0275. The van der Waals surface area contributed by atoms with Crippen LogP contribution in [0.15, 0.2) is 48.5 Å². The van der Waals surface area contributed by atoms with E-state index in [2.05, 4.69) is 20.7 Å². The van der Waals surface area contributed by atoms with E-state index in [1.807, 2.05) is 67.1 Å². The van der Waals surface area contributed by atoms with E-state index in [-0.39, 0.29) is 23.9 Å². The summed E-state index contributed by atoms with van der Waals surface area (Å²) in [5, 5.41) is 11.5. The van der Waals surface area contributed by atoms with Crippen LogP contribution in [0, 0.1) is 5.92 Å². The third kappa shape index (κ3) is 4.11. The molecule has 1 aromatic heterocycles. The minimum Gasteiger partial charge on any atom is -0.497 e. The van der Waals surface area contributed by atoms with Gasteiger partial charge in [0.25, 0.3) is 5.95 Å². The number of methoxy groups -OCH3 is 1. The topological polar surface area (TPSA) is 81.1 Å². The number of carbonyl (C=O) groups is 1. The second kappa shape index (κ2) is 8.36. The molecule has 0 fully saturated rings. The van der Waals surface area contributed by atoms with E-state index < -0.39 is 0 Å². The lowest BCUT2D eigenvalue weighted by molar-refractivity contribution is -0.118. The van der Waals surface area contributed by atoms with Crippen molar-refractivity contribution < 1.29 is 9.53 Å². The molecule has 156 valence electrons. The molecule has 0 unspecified atom stereocenters. The van der Waals surface area contributed by atoms with Gasteiger partial charge in [-0.1, -0.05) is 49.7 Å². The normalized spacial score (nSPS) is 17.9. The van der Waals surface area contributed by atoms with Crippen LogP contribution in [-0.2, 0) is 4.79 Å². The molecular formula is C22H24ClN5O2. The number of hydrogen-bond donors (Lipinski definition) is 2. The molecule has 0 bridgehead atoms. The highest BCUT2D eigenvalue weighted by atomic mass is 35.5. The van der Waals surface area contributed by atoms with Crippen LogP contribution >= 0.6 is 11.6 Å². The number of aromatic nitrogens is 3. The summed E-state index contributed by atoms with van der Waals surface area (Å²) >= 11 is 6.06. The second-order valence-corrected chi connectivity index (χ2v) is 8.06. The maximum absolute atomic E-state index is 12.1. The molecule has 4 rings (SSSR count). The van der Waals surface area contributed by atoms with Gasteiger partial charge in [-0.2, -0.15) is 4.98 Å². The Balaban J connectivity index is 1.70. The van der Waals surface area contributed by atoms with Crippen molar-refractivity contribution in [2.45, 2.75) is 32.4 Å². The van der Waals surface area contributed by atoms with Gasteiger partial charge >= 0.3 is 0 Å². The summed E-state index contributed by atoms with van der Waals surface area (Å²) in [6.45, 7) is 3.67. The van der Waals surface area contributed by atoms with Crippen LogP contribution in [0.4, 0.5) is 11.9 Å². The fourth-order valence-corrected chi connectivity index (χ4v) is 3.63. The van der Waals surface area contributed by atoms with E-state index in [4.69, 9.17) is 16.3 Å². The first-order chi connectivity index (χ1) is 14.4. The first-order valence-corrected chi connectivity index (χ1v) is 10.3. The molecule has 2 aromatic carbocycles. The molecular weight excluding hydrogens is 402 g/mol. The van der Waals surface area contributed by atoms with Crippen molar-refractivity contribution in [2.75, 3.05) is 17.7 Å². The number of ether oxygens (including phenoxy) is 1. The molecule has 0 saturated heterocycles. The summed E-state index contributed by atoms with van der Waals surface area (Å²) in [4.78, 5) is 16.7. The molecule has 1 aliphatic heterocycles. The summed E-state index contributed by atoms with van der Waals surface area (Å²) in [6, 6.07) is 15.7. The molecule has 2 N–H and O–H groups in total. The average molecular weight is 426 g/mol. The molecule has 0 spiro atoms. The molecule has 0 saturated carbocycles. The predicted molar refractivity (Wildman–Crippen MR) is 117 cm³/mol. The van der Waals surface area contributed by atoms with E-state index in [1.54, 1.807) is 7.11 Å².